The molecule has 0 bridgehead atoms. The Morgan fingerprint density at radius 1 is 1.19 bits per heavy atom. The molecule has 1 aromatic carbocycles. The van der Waals surface area contributed by atoms with E-state index < -0.39 is 0 Å². The second-order valence-electron chi connectivity index (χ2n) is 8.23. The number of hydrogen-bond acceptors (Lipinski definition) is 6. The first-order valence-electron chi connectivity index (χ1n) is 10.4. The second-order valence-corrected chi connectivity index (χ2v) is 8.23. The normalized spacial score (nSPS) is 15.5. The Hall–Kier alpha value is -3.52. The summed E-state index contributed by atoms with van der Waals surface area (Å²) in [5.74, 6) is 0. The van der Waals surface area contributed by atoms with Crippen LogP contribution >= 0.6 is 0 Å². The lowest BCUT2D eigenvalue weighted by molar-refractivity contribution is -0.384. The highest BCUT2D eigenvalue weighted by molar-refractivity contribution is 6.01. The van der Waals surface area contributed by atoms with Gasteiger partial charge >= 0.3 is 5.69 Å². The molecule has 8 nitrogen and oxygen atoms in total. The van der Waals surface area contributed by atoms with Crippen molar-refractivity contribution in [3.05, 3.63) is 59.0 Å². The molecule has 31 heavy (non-hydrogen) atoms. The van der Waals surface area contributed by atoms with Gasteiger partial charge in [0.15, 0.2) is 0 Å². The molecule has 0 radical (unpaired) electrons. The topological polar surface area (TPSA) is 91.2 Å². The second kappa shape index (κ2) is 7.63. The van der Waals surface area contributed by atoms with E-state index >= 15 is 0 Å². The summed E-state index contributed by atoms with van der Waals surface area (Å²) in [6.07, 6.45) is 7.02. The van der Waals surface area contributed by atoms with Gasteiger partial charge in [0.05, 0.1) is 10.4 Å². The van der Waals surface area contributed by atoms with Crippen molar-refractivity contribution in [2.24, 2.45) is 0 Å². The van der Waals surface area contributed by atoms with Gasteiger partial charge in [0, 0.05) is 41.8 Å². The molecule has 1 N–H and O–H groups in total. The van der Waals surface area contributed by atoms with Crippen LogP contribution in [0.1, 0.15) is 12.8 Å². The van der Waals surface area contributed by atoms with E-state index in [1.165, 1.54) is 6.20 Å². The molecule has 4 aromatic rings. The van der Waals surface area contributed by atoms with Gasteiger partial charge in [-0.15, -0.1) is 0 Å². The van der Waals surface area contributed by atoms with Gasteiger partial charge in [0.1, 0.15) is 17.5 Å². The van der Waals surface area contributed by atoms with Gasteiger partial charge in [-0.2, -0.15) is 0 Å². The van der Waals surface area contributed by atoms with Gasteiger partial charge in [0.25, 0.3) is 0 Å². The van der Waals surface area contributed by atoms with E-state index in [0.717, 1.165) is 59.0 Å². The maximum atomic E-state index is 11.9. The number of hydrogen-bond donors (Lipinski definition) is 1. The summed E-state index contributed by atoms with van der Waals surface area (Å²) in [6.45, 7) is 1.97. The first kappa shape index (κ1) is 19.4. The molecule has 158 valence electrons. The molecule has 0 saturated carbocycles. The molecule has 0 atom stereocenters. The van der Waals surface area contributed by atoms with Gasteiger partial charge in [-0.3, -0.25) is 10.1 Å². The summed E-state index contributed by atoms with van der Waals surface area (Å²) in [4.78, 5) is 27.9. The number of likely N-dealkylation sites (tertiary alicyclic amines) is 1. The van der Waals surface area contributed by atoms with Crippen molar-refractivity contribution in [3.63, 3.8) is 0 Å². The smallest absolute Gasteiger partial charge is 0.311 e. The zero-order valence-corrected chi connectivity index (χ0v) is 17.6. The number of nitrogens with one attached hydrogen (secondary N) is 1. The Morgan fingerprint density at radius 3 is 2.77 bits per heavy atom. The fraction of sp³-hybridized carbons (Fsp3) is 0.304. The number of aromatic nitrogens is 3. The monoisotopic (exact) mass is 416 g/mol. The van der Waals surface area contributed by atoms with E-state index in [4.69, 9.17) is 0 Å². The van der Waals surface area contributed by atoms with Crippen molar-refractivity contribution in [3.8, 4) is 11.1 Å². The molecule has 0 unspecified atom stereocenters. The predicted octanol–water partition coefficient (Wildman–Crippen LogP) is 4.22. The highest BCUT2D eigenvalue weighted by atomic mass is 16.6. The highest BCUT2D eigenvalue weighted by Crippen LogP contribution is 2.39. The average molecular weight is 416 g/mol. The van der Waals surface area contributed by atoms with Crippen LogP contribution in [0.25, 0.3) is 33.1 Å². The molecular weight excluding hydrogens is 392 g/mol. The van der Waals surface area contributed by atoms with Crippen molar-refractivity contribution in [1.29, 1.82) is 0 Å². The quantitative estimate of drug-likeness (QED) is 0.396. The molecule has 4 heterocycles. The molecule has 1 aliphatic rings. The van der Waals surface area contributed by atoms with Crippen LogP contribution in [0.15, 0.2) is 48.9 Å². The molecule has 3 aromatic heterocycles. The Kier molecular flexibility index (Phi) is 4.78. The van der Waals surface area contributed by atoms with E-state index in [0.29, 0.717) is 5.69 Å². The number of pyridine rings is 2. The van der Waals surface area contributed by atoms with Gasteiger partial charge in [-0.25, -0.2) is 9.97 Å². The number of anilines is 1. The minimum atomic E-state index is -0.324. The first-order valence-corrected chi connectivity index (χ1v) is 10.4. The number of benzene rings is 1. The fourth-order valence-electron chi connectivity index (χ4n) is 4.60. The Bertz CT molecular complexity index is 1280. The van der Waals surface area contributed by atoms with Gasteiger partial charge in [0.2, 0.25) is 0 Å². The highest BCUT2D eigenvalue weighted by Gasteiger charge is 2.28. The number of nitrogens with zero attached hydrogens (tertiary/aromatic N) is 5. The average Bonchev–Trinajstić information content (AvgIpc) is 3.22. The number of rotatable bonds is 4. The molecule has 5 rings (SSSR count). The van der Waals surface area contributed by atoms with E-state index in [1.807, 2.05) is 43.6 Å². The molecule has 0 spiro atoms. The molecule has 0 amide bonds. The van der Waals surface area contributed by atoms with Crippen LogP contribution in [0.5, 0.6) is 0 Å². The molecule has 8 heteroatoms. The predicted molar refractivity (Wildman–Crippen MR) is 122 cm³/mol. The minimum absolute atomic E-state index is 0.0478. The van der Waals surface area contributed by atoms with Crippen molar-refractivity contribution < 1.29 is 4.92 Å². The van der Waals surface area contributed by atoms with Crippen LogP contribution in [0.2, 0.25) is 0 Å². The third-order valence-corrected chi connectivity index (χ3v) is 6.37. The zero-order chi connectivity index (χ0) is 21.5. The van der Waals surface area contributed by atoms with Crippen LogP contribution < -0.4 is 4.90 Å². The third kappa shape index (κ3) is 3.38. The Balaban J connectivity index is 1.67. The van der Waals surface area contributed by atoms with Crippen molar-refractivity contribution in [2.45, 2.75) is 18.9 Å². The van der Waals surface area contributed by atoms with E-state index in [9.17, 15) is 10.1 Å². The SMILES string of the molecule is CN1CCC(N(C)c2c([N+](=O)[O-])cnc3ccc(-c4c[nH]c5ncccc45)cc23)CC1. The number of aromatic amines is 1. The molecule has 1 aliphatic heterocycles. The number of fused-ring (bicyclic) bond motifs is 2. The summed E-state index contributed by atoms with van der Waals surface area (Å²) < 4.78 is 0. The summed E-state index contributed by atoms with van der Waals surface area (Å²) in [6, 6.07) is 10.2. The van der Waals surface area contributed by atoms with Crippen LogP contribution in [0.3, 0.4) is 0 Å². The van der Waals surface area contributed by atoms with Gasteiger partial charge in [-0.1, -0.05) is 6.07 Å². The molecular formula is C23H24N6O2. The van der Waals surface area contributed by atoms with Crippen LogP contribution in [-0.2, 0) is 0 Å². The van der Waals surface area contributed by atoms with Crippen molar-refractivity contribution in [1.82, 2.24) is 19.9 Å². The van der Waals surface area contributed by atoms with E-state index in [1.54, 1.807) is 6.20 Å². The third-order valence-electron chi connectivity index (χ3n) is 6.37. The van der Waals surface area contributed by atoms with Crippen molar-refractivity contribution >= 4 is 33.3 Å². The first-order chi connectivity index (χ1) is 15.0. The molecule has 1 saturated heterocycles. The maximum Gasteiger partial charge on any atom is 0.311 e. The van der Waals surface area contributed by atoms with Gasteiger partial charge < -0.3 is 14.8 Å². The van der Waals surface area contributed by atoms with E-state index in [-0.39, 0.29) is 16.7 Å². The number of nitro groups is 1. The zero-order valence-electron chi connectivity index (χ0n) is 17.6. The summed E-state index contributed by atoms with van der Waals surface area (Å²) >= 11 is 0. The standard InChI is InChI=1S/C23H24N6O2/c1-27-10-7-16(8-11-27)28(2)22-18-12-15(5-6-20(18)25-14-21(22)29(30)31)19-13-26-23-17(19)4-3-9-24-23/h3-6,9,12-14,16H,7-8,10-11H2,1-2H3,(H,24,26). The number of piperidine rings is 1. The van der Waals surface area contributed by atoms with E-state index in [2.05, 4.69) is 31.8 Å². The number of H-pyrrole nitrogens is 1. The fourth-order valence-corrected chi connectivity index (χ4v) is 4.60. The summed E-state index contributed by atoms with van der Waals surface area (Å²) in [5, 5.41) is 13.7. The van der Waals surface area contributed by atoms with Crippen LogP contribution in [-0.4, -0.2) is 58.0 Å². The largest absolute Gasteiger partial charge is 0.365 e. The lowest BCUT2D eigenvalue weighted by Gasteiger charge is -2.36. The Morgan fingerprint density at radius 2 is 2.00 bits per heavy atom. The van der Waals surface area contributed by atoms with Crippen LogP contribution in [0, 0.1) is 10.1 Å². The summed E-state index contributed by atoms with van der Waals surface area (Å²) in [5.41, 5.74) is 4.26. The van der Waals surface area contributed by atoms with Gasteiger partial charge in [-0.05, 0) is 62.8 Å². The Labute approximate surface area is 179 Å². The molecule has 1 fully saturated rings. The minimum Gasteiger partial charge on any atom is -0.365 e. The van der Waals surface area contributed by atoms with Crippen molar-refractivity contribution in [2.75, 3.05) is 32.1 Å². The van der Waals surface area contributed by atoms with Crippen LogP contribution in [0.4, 0.5) is 11.4 Å². The maximum absolute atomic E-state index is 11.9. The lowest BCUT2D eigenvalue weighted by atomic mass is 9.99. The lowest BCUT2D eigenvalue weighted by Crippen LogP contribution is -2.42. The molecule has 0 aliphatic carbocycles. The summed E-state index contributed by atoms with van der Waals surface area (Å²) in [7, 11) is 4.09.